The van der Waals surface area contributed by atoms with Gasteiger partial charge in [-0.2, -0.15) is 0 Å². The van der Waals surface area contributed by atoms with E-state index in [9.17, 15) is 0 Å². The van der Waals surface area contributed by atoms with Crippen LogP contribution in [0, 0.1) is 11.8 Å². The largest absolute Gasteiger partial charge is 0.378 e. The van der Waals surface area contributed by atoms with Gasteiger partial charge in [-0.1, -0.05) is 27.7 Å². The lowest BCUT2D eigenvalue weighted by molar-refractivity contribution is 0.0143. The Hall–Kier alpha value is -0.0800. The molecule has 1 aliphatic rings. The summed E-state index contributed by atoms with van der Waals surface area (Å²) in [6.07, 6.45) is 9.76. The van der Waals surface area contributed by atoms with Crippen LogP contribution >= 0.6 is 0 Å². The predicted molar refractivity (Wildman–Crippen MR) is 83.5 cm³/mol. The first-order valence-electron chi connectivity index (χ1n) is 8.43. The lowest BCUT2D eigenvalue weighted by atomic mass is 9.82. The van der Waals surface area contributed by atoms with E-state index in [2.05, 4.69) is 33.0 Å². The quantitative estimate of drug-likeness (QED) is 0.627. The highest BCUT2D eigenvalue weighted by molar-refractivity contribution is 4.73. The molecular formula is C17H35NO. The molecule has 0 unspecified atom stereocenters. The Kier molecular flexibility index (Phi) is 8.72. The van der Waals surface area contributed by atoms with E-state index in [0.717, 1.165) is 25.0 Å². The molecule has 19 heavy (non-hydrogen) atoms. The molecule has 1 N–H and O–H groups in total. The van der Waals surface area contributed by atoms with Gasteiger partial charge in [-0.15, -0.1) is 0 Å². The van der Waals surface area contributed by atoms with Gasteiger partial charge in [-0.25, -0.2) is 0 Å². The normalized spacial score (nSPS) is 24.3. The third kappa shape index (κ3) is 8.65. The minimum Gasteiger partial charge on any atom is -0.378 e. The van der Waals surface area contributed by atoms with Gasteiger partial charge in [0, 0.05) is 12.6 Å². The summed E-state index contributed by atoms with van der Waals surface area (Å²) in [4.78, 5) is 0. The minimum absolute atomic E-state index is 0.557. The standard InChI is InChI=1S/C17H35NO/c1-14(2)13-16-7-9-17(10-8-16)19-12-6-5-11-18-15(3)4/h14-18H,5-13H2,1-4H3. The van der Waals surface area contributed by atoms with Crippen LogP contribution in [0.1, 0.15) is 72.6 Å². The number of hydrogen-bond acceptors (Lipinski definition) is 2. The van der Waals surface area contributed by atoms with Crippen molar-refractivity contribution in [3.63, 3.8) is 0 Å². The SMILES string of the molecule is CC(C)CC1CCC(OCCCCNC(C)C)CC1. The number of nitrogens with one attached hydrogen (secondary N) is 1. The Labute approximate surface area is 120 Å². The highest BCUT2D eigenvalue weighted by Gasteiger charge is 2.21. The molecule has 0 aromatic heterocycles. The molecule has 0 saturated heterocycles. The third-order valence-electron chi connectivity index (χ3n) is 4.08. The summed E-state index contributed by atoms with van der Waals surface area (Å²) in [5.74, 6) is 1.83. The van der Waals surface area contributed by atoms with Crippen LogP contribution in [0.3, 0.4) is 0 Å². The number of ether oxygens (including phenoxy) is 1. The molecule has 2 nitrogen and oxygen atoms in total. The van der Waals surface area contributed by atoms with Crippen molar-refractivity contribution in [2.45, 2.75) is 84.8 Å². The van der Waals surface area contributed by atoms with E-state index in [-0.39, 0.29) is 0 Å². The van der Waals surface area contributed by atoms with Crippen molar-refractivity contribution in [2.24, 2.45) is 11.8 Å². The van der Waals surface area contributed by atoms with Crippen molar-refractivity contribution in [2.75, 3.05) is 13.2 Å². The molecule has 1 aliphatic carbocycles. The van der Waals surface area contributed by atoms with Crippen molar-refractivity contribution >= 4 is 0 Å². The topological polar surface area (TPSA) is 21.3 Å². The van der Waals surface area contributed by atoms with Crippen molar-refractivity contribution < 1.29 is 4.74 Å². The highest BCUT2D eigenvalue weighted by Crippen LogP contribution is 2.30. The van der Waals surface area contributed by atoms with Gasteiger partial charge < -0.3 is 10.1 Å². The zero-order chi connectivity index (χ0) is 14.1. The van der Waals surface area contributed by atoms with Crippen LogP contribution < -0.4 is 5.32 Å². The zero-order valence-electron chi connectivity index (χ0n) is 13.6. The van der Waals surface area contributed by atoms with E-state index >= 15 is 0 Å². The van der Waals surface area contributed by atoms with Gasteiger partial charge in [0.1, 0.15) is 0 Å². The smallest absolute Gasteiger partial charge is 0.0575 e. The van der Waals surface area contributed by atoms with Crippen molar-refractivity contribution in [1.82, 2.24) is 5.32 Å². The Balaban J connectivity index is 1.95. The second kappa shape index (κ2) is 9.77. The molecule has 0 aliphatic heterocycles. The molecule has 1 rings (SSSR count). The van der Waals surface area contributed by atoms with Crippen LogP contribution in [0.15, 0.2) is 0 Å². The van der Waals surface area contributed by atoms with E-state index in [4.69, 9.17) is 4.74 Å². The Morgan fingerprint density at radius 3 is 2.26 bits per heavy atom. The molecule has 2 heteroatoms. The van der Waals surface area contributed by atoms with Gasteiger partial charge >= 0.3 is 0 Å². The van der Waals surface area contributed by atoms with E-state index in [0.29, 0.717) is 12.1 Å². The van der Waals surface area contributed by atoms with Crippen LogP contribution in [0.2, 0.25) is 0 Å². The molecule has 0 atom stereocenters. The fraction of sp³-hybridized carbons (Fsp3) is 1.00. The Bertz CT molecular complexity index is 207. The maximum atomic E-state index is 6.02. The Morgan fingerprint density at radius 1 is 1.00 bits per heavy atom. The lowest BCUT2D eigenvalue weighted by Crippen LogP contribution is -2.25. The fourth-order valence-corrected chi connectivity index (χ4v) is 3.07. The summed E-state index contributed by atoms with van der Waals surface area (Å²) in [6, 6.07) is 0.608. The average molecular weight is 269 g/mol. The maximum absolute atomic E-state index is 6.02. The molecule has 1 fully saturated rings. The van der Waals surface area contributed by atoms with Crippen molar-refractivity contribution in [1.29, 1.82) is 0 Å². The fourth-order valence-electron chi connectivity index (χ4n) is 3.07. The molecule has 0 aromatic rings. The first kappa shape index (κ1) is 17.0. The molecular weight excluding hydrogens is 234 g/mol. The van der Waals surface area contributed by atoms with Gasteiger partial charge in [-0.05, 0) is 63.3 Å². The molecule has 0 spiro atoms. The minimum atomic E-state index is 0.557. The number of unbranched alkanes of at least 4 members (excludes halogenated alkanes) is 1. The molecule has 0 aromatic carbocycles. The molecule has 0 radical (unpaired) electrons. The van der Waals surface area contributed by atoms with Gasteiger partial charge in [0.25, 0.3) is 0 Å². The van der Waals surface area contributed by atoms with E-state index in [1.807, 2.05) is 0 Å². The van der Waals surface area contributed by atoms with E-state index in [1.165, 1.54) is 44.9 Å². The lowest BCUT2D eigenvalue weighted by Gasteiger charge is -2.29. The summed E-state index contributed by atoms with van der Waals surface area (Å²) < 4.78 is 6.02. The summed E-state index contributed by atoms with van der Waals surface area (Å²) >= 11 is 0. The predicted octanol–water partition coefficient (Wildman–Crippen LogP) is 4.39. The van der Waals surface area contributed by atoms with Crippen molar-refractivity contribution in [3.05, 3.63) is 0 Å². The van der Waals surface area contributed by atoms with Gasteiger partial charge in [-0.3, -0.25) is 0 Å². The van der Waals surface area contributed by atoms with Crippen LogP contribution in [0.5, 0.6) is 0 Å². The van der Waals surface area contributed by atoms with Crippen molar-refractivity contribution in [3.8, 4) is 0 Å². The van der Waals surface area contributed by atoms with E-state index in [1.54, 1.807) is 0 Å². The highest BCUT2D eigenvalue weighted by atomic mass is 16.5. The molecule has 114 valence electrons. The second-order valence-electron chi connectivity index (χ2n) is 6.96. The van der Waals surface area contributed by atoms with Crippen LogP contribution in [0.4, 0.5) is 0 Å². The maximum Gasteiger partial charge on any atom is 0.0575 e. The summed E-state index contributed by atoms with van der Waals surface area (Å²) in [7, 11) is 0. The average Bonchev–Trinajstić information content (AvgIpc) is 2.34. The monoisotopic (exact) mass is 269 g/mol. The summed E-state index contributed by atoms with van der Waals surface area (Å²) in [5.41, 5.74) is 0. The van der Waals surface area contributed by atoms with Crippen LogP contribution in [-0.4, -0.2) is 25.3 Å². The summed E-state index contributed by atoms with van der Waals surface area (Å²) in [5, 5.41) is 3.45. The first-order valence-corrected chi connectivity index (χ1v) is 8.43. The second-order valence-corrected chi connectivity index (χ2v) is 6.96. The van der Waals surface area contributed by atoms with Gasteiger partial charge in [0.05, 0.1) is 6.10 Å². The van der Waals surface area contributed by atoms with Gasteiger partial charge in [0.15, 0.2) is 0 Å². The number of rotatable bonds is 9. The van der Waals surface area contributed by atoms with E-state index < -0.39 is 0 Å². The molecule has 0 bridgehead atoms. The van der Waals surface area contributed by atoms with Crippen LogP contribution in [0.25, 0.3) is 0 Å². The van der Waals surface area contributed by atoms with Gasteiger partial charge in [0.2, 0.25) is 0 Å². The Morgan fingerprint density at radius 2 is 1.68 bits per heavy atom. The zero-order valence-corrected chi connectivity index (χ0v) is 13.6. The molecule has 0 amide bonds. The molecule has 0 heterocycles. The molecule has 1 saturated carbocycles. The first-order chi connectivity index (χ1) is 9.08. The van der Waals surface area contributed by atoms with Crippen LogP contribution in [-0.2, 0) is 4.74 Å². The summed E-state index contributed by atoms with van der Waals surface area (Å²) in [6.45, 7) is 11.2. The third-order valence-corrected chi connectivity index (χ3v) is 4.08. The number of hydrogen-bond donors (Lipinski definition) is 1.